The number of β-amino-alcohol motifs (C(OH)–C–C–N with tert-alkyl or cyclic N) is 1. The Morgan fingerprint density at radius 2 is 1.94 bits per heavy atom. The van der Waals surface area contributed by atoms with Crippen LogP contribution in [0.1, 0.15) is 38.5 Å². The van der Waals surface area contributed by atoms with Crippen LogP contribution in [0.15, 0.2) is 0 Å². The molecule has 2 saturated heterocycles. The van der Waals surface area contributed by atoms with Gasteiger partial charge in [0, 0.05) is 19.4 Å². The maximum Gasteiger partial charge on any atom is 0.236 e. The van der Waals surface area contributed by atoms with Crippen molar-refractivity contribution in [1.82, 2.24) is 4.90 Å². The highest BCUT2D eigenvalue weighted by Crippen LogP contribution is 2.47. The molecule has 0 radical (unpaired) electrons. The normalized spacial score (nSPS) is 35.1. The summed E-state index contributed by atoms with van der Waals surface area (Å²) in [4.78, 5) is 25.7. The smallest absolute Gasteiger partial charge is 0.236 e. The summed E-state index contributed by atoms with van der Waals surface area (Å²) in [6, 6.07) is 0. The van der Waals surface area contributed by atoms with E-state index in [1.165, 1.54) is 4.90 Å². The SMILES string of the molecule is O=C1CC2(CCCC2)C(=O)N1CC1(O)CCOC1. The van der Waals surface area contributed by atoms with Crippen LogP contribution in [0, 0.1) is 5.41 Å². The number of hydrogen-bond donors (Lipinski definition) is 1. The molecule has 1 atom stereocenters. The Morgan fingerprint density at radius 3 is 2.56 bits per heavy atom. The first-order valence-corrected chi connectivity index (χ1v) is 6.70. The second-order valence-electron chi connectivity index (χ2n) is 5.98. The number of carbonyl (C=O) groups is 2. The molecule has 0 aromatic heterocycles. The minimum Gasteiger partial charge on any atom is -0.386 e. The van der Waals surface area contributed by atoms with E-state index < -0.39 is 11.0 Å². The molecule has 2 aliphatic heterocycles. The van der Waals surface area contributed by atoms with Gasteiger partial charge < -0.3 is 9.84 Å². The molecule has 100 valence electrons. The van der Waals surface area contributed by atoms with Crippen molar-refractivity contribution in [3.63, 3.8) is 0 Å². The number of likely N-dealkylation sites (tertiary alicyclic amines) is 1. The van der Waals surface area contributed by atoms with Gasteiger partial charge in [0.05, 0.1) is 18.6 Å². The summed E-state index contributed by atoms with van der Waals surface area (Å²) >= 11 is 0. The van der Waals surface area contributed by atoms with Gasteiger partial charge in [-0.05, 0) is 12.8 Å². The van der Waals surface area contributed by atoms with Gasteiger partial charge in [-0.1, -0.05) is 12.8 Å². The highest BCUT2D eigenvalue weighted by atomic mass is 16.5. The lowest BCUT2D eigenvalue weighted by Gasteiger charge is -2.27. The molecule has 1 saturated carbocycles. The van der Waals surface area contributed by atoms with Gasteiger partial charge in [0.25, 0.3) is 0 Å². The topological polar surface area (TPSA) is 66.8 Å². The number of amides is 2. The van der Waals surface area contributed by atoms with Crippen molar-refractivity contribution in [1.29, 1.82) is 0 Å². The number of hydrogen-bond acceptors (Lipinski definition) is 4. The number of rotatable bonds is 2. The number of imide groups is 1. The van der Waals surface area contributed by atoms with Crippen LogP contribution in [0.4, 0.5) is 0 Å². The average molecular weight is 253 g/mol. The number of aliphatic hydroxyl groups is 1. The fourth-order valence-corrected chi connectivity index (χ4v) is 3.48. The van der Waals surface area contributed by atoms with E-state index >= 15 is 0 Å². The number of ether oxygens (including phenoxy) is 1. The third-order valence-electron chi connectivity index (χ3n) is 4.59. The first-order chi connectivity index (χ1) is 8.55. The second-order valence-corrected chi connectivity index (χ2v) is 5.98. The third-order valence-corrected chi connectivity index (χ3v) is 4.59. The Morgan fingerprint density at radius 1 is 1.22 bits per heavy atom. The lowest BCUT2D eigenvalue weighted by Crippen LogP contribution is -2.47. The zero-order valence-corrected chi connectivity index (χ0v) is 10.5. The Kier molecular flexibility index (Phi) is 2.71. The molecule has 3 rings (SSSR count). The van der Waals surface area contributed by atoms with Crippen LogP contribution < -0.4 is 0 Å². The van der Waals surface area contributed by atoms with E-state index in [1.807, 2.05) is 0 Å². The van der Waals surface area contributed by atoms with E-state index in [-0.39, 0.29) is 25.0 Å². The van der Waals surface area contributed by atoms with E-state index in [0.717, 1.165) is 25.7 Å². The Bertz CT molecular complexity index is 380. The van der Waals surface area contributed by atoms with E-state index in [2.05, 4.69) is 0 Å². The molecule has 0 aromatic carbocycles. The summed E-state index contributed by atoms with van der Waals surface area (Å²) in [7, 11) is 0. The first kappa shape index (κ1) is 12.1. The molecular formula is C13H19NO4. The van der Waals surface area contributed by atoms with E-state index in [9.17, 15) is 14.7 Å². The van der Waals surface area contributed by atoms with E-state index in [1.54, 1.807) is 0 Å². The highest BCUT2D eigenvalue weighted by Gasteiger charge is 2.54. The molecule has 5 heteroatoms. The zero-order chi connectivity index (χ0) is 12.8. The van der Waals surface area contributed by atoms with Crippen molar-refractivity contribution in [3.8, 4) is 0 Å². The fraction of sp³-hybridized carbons (Fsp3) is 0.846. The standard InChI is InChI=1S/C13H19NO4/c15-10-7-12(3-1-2-4-12)11(16)14(10)8-13(17)5-6-18-9-13/h17H,1-9H2. The van der Waals surface area contributed by atoms with Crippen molar-refractivity contribution in [3.05, 3.63) is 0 Å². The zero-order valence-electron chi connectivity index (χ0n) is 10.5. The van der Waals surface area contributed by atoms with Crippen molar-refractivity contribution < 1.29 is 19.4 Å². The summed E-state index contributed by atoms with van der Waals surface area (Å²) in [5, 5.41) is 10.2. The molecule has 5 nitrogen and oxygen atoms in total. The summed E-state index contributed by atoms with van der Waals surface area (Å²) in [5.41, 5.74) is -1.47. The van der Waals surface area contributed by atoms with E-state index in [4.69, 9.17) is 4.74 Å². The third kappa shape index (κ3) is 1.77. The van der Waals surface area contributed by atoms with Gasteiger partial charge in [-0.2, -0.15) is 0 Å². The molecule has 18 heavy (non-hydrogen) atoms. The monoisotopic (exact) mass is 253 g/mol. The summed E-state index contributed by atoms with van der Waals surface area (Å²) in [6.07, 6.45) is 4.53. The molecule has 1 unspecified atom stereocenters. The van der Waals surface area contributed by atoms with Crippen LogP contribution >= 0.6 is 0 Å². The Labute approximate surface area is 106 Å². The molecule has 1 aliphatic carbocycles. The molecule has 0 bridgehead atoms. The Hall–Kier alpha value is -0.940. The predicted molar refractivity (Wildman–Crippen MR) is 62.6 cm³/mol. The van der Waals surface area contributed by atoms with Crippen molar-refractivity contribution in [2.75, 3.05) is 19.8 Å². The molecule has 3 fully saturated rings. The van der Waals surface area contributed by atoms with Crippen molar-refractivity contribution in [2.45, 2.75) is 44.1 Å². The number of carbonyl (C=O) groups excluding carboxylic acids is 2. The van der Waals surface area contributed by atoms with Gasteiger partial charge in [0.2, 0.25) is 11.8 Å². The second kappa shape index (κ2) is 4.03. The van der Waals surface area contributed by atoms with Crippen LogP contribution in [0.3, 0.4) is 0 Å². The van der Waals surface area contributed by atoms with Gasteiger partial charge in [-0.15, -0.1) is 0 Å². The molecule has 3 aliphatic rings. The fourth-order valence-electron chi connectivity index (χ4n) is 3.48. The van der Waals surface area contributed by atoms with Gasteiger partial charge in [0.1, 0.15) is 5.60 Å². The predicted octanol–water partition coefficient (Wildman–Crippen LogP) is 0.457. The summed E-state index contributed by atoms with van der Waals surface area (Å²) in [5.74, 6) is -0.187. The molecular weight excluding hydrogens is 234 g/mol. The van der Waals surface area contributed by atoms with Gasteiger partial charge >= 0.3 is 0 Å². The van der Waals surface area contributed by atoms with Gasteiger partial charge in [-0.3, -0.25) is 14.5 Å². The summed E-state index contributed by atoms with van der Waals surface area (Å²) < 4.78 is 5.16. The average Bonchev–Trinajstić information content (AvgIpc) is 3.00. The minimum atomic E-state index is -1.03. The van der Waals surface area contributed by atoms with Crippen molar-refractivity contribution in [2.24, 2.45) is 5.41 Å². The largest absolute Gasteiger partial charge is 0.386 e. The lowest BCUT2D eigenvalue weighted by molar-refractivity contribution is -0.145. The maximum absolute atomic E-state index is 12.4. The first-order valence-electron chi connectivity index (χ1n) is 6.70. The molecule has 1 N–H and O–H groups in total. The van der Waals surface area contributed by atoms with Crippen LogP contribution in [0.25, 0.3) is 0 Å². The molecule has 2 heterocycles. The Balaban J connectivity index is 1.76. The molecule has 0 aromatic rings. The van der Waals surface area contributed by atoms with E-state index in [0.29, 0.717) is 19.4 Å². The quantitative estimate of drug-likeness (QED) is 0.726. The van der Waals surface area contributed by atoms with Crippen LogP contribution in [-0.2, 0) is 14.3 Å². The number of nitrogens with zero attached hydrogens (tertiary/aromatic N) is 1. The highest BCUT2D eigenvalue weighted by molar-refractivity contribution is 6.06. The molecule has 2 amide bonds. The van der Waals surface area contributed by atoms with Crippen LogP contribution in [-0.4, -0.2) is 47.2 Å². The van der Waals surface area contributed by atoms with Crippen LogP contribution in [0.5, 0.6) is 0 Å². The lowest BCUT2D eigenvalue weighted by atomic mass is 9.84. The van der Waals surface area contributed by atoms with Crippen LogP contribution in [0.2, 0.25) is 0 Å². The van der Waals surface area contributed by atoms with Gasteiger partial charge in [0.15, 0.2) is 0 Å². The minimum absolute atomic E-state index is 0.0645. The summed E-state index contributed by atoms with van der Waals surface area (Å²) in [6.45, 7) is 0.821. The molecule has 1 spiro atoms. The van der Waals surface area contributed by atoms with Gasteiger partial charge in [-0.25, -0.2) is 0 Å². The van der Waals surface area contributed by atoms with Crippen molar-refractivity contribution >= 4 is 11.8 Å². The maximum atomic E-state index is 12.4.